The summed E-state index contributed by atoms with van der Waals surface area (Å²) in [5.74, 6) is -0.500. The summed E-state index contributed by atoms with van der Waals surface area (Å²) in [6.45, 7) is 0. The van der Waals surface area contributed by atoms with Crippen LogP contribution in [0.3, 0.4) is 0 Å². The Hall–Kier alpha value is -1.41. The first-order valence-corrected chi connectivity index (χ1v) is 9.05. The van der Waals surface area contributed by atoms with Crippen molar-refractivity contribution in [1.82, 2.24) is 4.72 Å². The van der Waals surface area contributed by atoms with E-state index in [0.717, 1.165) is 4.88 Å². The van der Waals surface area contributed by atoms with Crippen LogP contribution >= 0.6 is 22.9 Å². The zero-order valence-electron chi connectivity index (χ0n) is 11.7. The standard InChI is InChI=1S/C14H14ClNO4S2/c1-20-14(17)9-11(12-6-4-8-21-12)16-22(18,19)13-7-3-2-5-10(13)15/h2-8,11,16H,9H2,1H3/t11-/m0/s1. The van der Waals surface area contributed by atoms with Gasteiger partial charge >= 0.3 is 5.97 Å². The lowest BCUT2D eigenvalue weighted by atomic mass is 10.2. The van der Waals surface area contributed by atoms with E-state index < -0.39 is 22.0 Å². The topological polar surface area (TPSA) is 72.5 Å². The maximum absolute atomic E-state index is 12.5. The fourth-order valence-electron chi connectivity index (χ4n) is 1.85. The lowest BCUT2D eigenvalue weighted by molar-refractivity contribution is -0.141. The number of carbonyl (C=O) groups is 1. The fraction of sp³-hybridized carbons (Fsp3) is 0.214. The molecular formula is C14H14ClNO4S2. The number of sulfonamides is 1. The molecule has 0 unspecified atom stereocenters. The average Bonchev–Trinajstić information content (AvgIpc) is 3.00. The van der Waals surface area contributed by atoms with Crippen LogP contribution in [0.2, 0.25) is 5.02 Å². The third-order valence-corrected chi connectivity index (χ3v) is 5.87. The minimum absolute atomic E-state index is 0.0249. The van der Waals surface area contributed by atoms with Crippen LogP contribution in [0, 0.1) is 0 Å². The van der Waals surface area contributed by atoms with E-state index >= 15 is 0 Å². The van der Waals surface area contributed by atoms with Crippen molar-refractivity contribution >= 4 is 38.9 Å². The molecule has 5 nitrogen and oxygen atoms in total. The number of rotatable bonds is 6. The van der Waals surface area contributed by atoms with Gasteiger partial charge in [-0.05, 0) is 23.6 Å². The molecule has 0 radical (unpaired) electrons. The zero-order valence-corrected chi connectivity index (χ0v) is 14.0. The average molecular weight is 360 g/mol. The molecule has 0 spiro atoms. The Kier molecular flexibility index (Phi) is 5.57. The van der Waals surface area contributed by atoms with Crippen LogP contribution in [0.1, 0.15) is 17.3 Å². The van der Waals surface area contributed by atoms with Crippen LogP contribution in [0.4, 0.5) is 0 Å². The molecule has 0 amide bonds. The van der Waals surface area contributed by atoms with Crippen molar-refractivity contribution in [2.75, 3.05) is 7.11 Å². The van der Waals surface area contributed by atoms with Gasteiger partial charge in [-0.25, -0.2) is 13.1 Å². The van der Waals surface area contributed by atoms with E-state index in [1.54, 1.807) is 24.3 Å². The number of thiophene rings is 1. The molecule has 0 aliphatic heterocycles. The number of methoxy groups -OCH3 is 1. The van der Waals surface area contributed by atoms with Crippen molar-refractivity contribution in [2.45, 2.75) is 17.4 Å². The van der Waals surface area contributed by atoms with Gasteiger partial charge in [0, 0.05) is 4.88 Å². The molecule has 1 aromatic heterocycles. The number of ether oxygens (including phenoxy) is 1. The van der Waals surface area contributed by atoms with E-state index in [1.165, 1.54) is 30.6 Å². The van der Waals surface area contributed by atoms with Crippen molar-refractivity contribution in [3.05, 3.63) is 51.7 Å². The summed E-state index contributed by atoms with van der Waals surface area (Å²) >= 11 is 7.30. The summed E-state index contributed by atoms with van der Waals surface area (Å²) in [5, 5.41) is 1.93. The van der Waals surface area contributed by atoms with Gasteiger partial charge in [-0.15, -0.1) is 11.3 Å². The molecule has 0 bridgehead atoms. The molecule has 2 rings (SSSR count). The van der Waals surface area contributed by atoms with Gasteiger partial charge in [0.25, 0.3) is 0 Å². The molecule has 1 atom stereocenters. The summed E-state index contributed by atoms with van der Waals surface area (Å²) in [6.07, 6.45) is -0.0965. The summed E-state index contributed by atoms with van der Waals surface area (Å²) in [5.41, 5.74) is 0. The summed E-state index contributed by atoms with van der Waals surface area (Å²) in [7, 11) is -2.59. The predicted molar refractivity (Wildman–Crippen MR) is 85.5 cm³/mol. The molecule has 8 heteroatoms. The largest absolute Gasteiger partial charge is 0.469 e. The highest BCUT2D eigenvalue weighted by Crippen LogP contribution is 2.27. The van der Waals surface area contributed by atoms with Crippen LogP contribution < -0.4 is 4.72 Å². The Bertz CT molecular complexity index is 744. The molecule has 0 aliphatic rings. The number of hydrogen-bond acceptors (Lipinski definition) is 5. The Morgan fingerprint density at radius 3 is 2.64 bits per heavy atom. The highest BCUT2D eigenvalue weighted by atomic mass is 35.5. The highest BCUT2D eigenvalue weighted by molar-refractivity contribution is 7.89. The molecule has 0 aliphatic carbocycles. The number of hydrogen-bond donors (Lipinski definition) is 1. The van der Waals surface area contributed by atoms with E-state index in [2.05, 4.69) is 9.46 Å². The Morgan fingerprint density at radius 2 is 2.05 bits per heavy atom. The summed E-state index contributed by atoms with van der Waals surface area (Å²) < 4.78 is 32.1. The van der Waals surface area contributed by atoms with Gasteiger partial charge in [0.1, 0.15) is 4.90 Å². The maximum atomic E-state index is 12.5. The van der Waals surface area contributed by atoms with Gasteiger partial charge in [0.15, 0.2) is 0 Å². The van der Waals surface area contributed by atoms with E-state index in [0.29, 0.717) is 0 Å². The second-order valence-corrected chi connectivity index (χ2v) is 7.47. The molecule has 22 heavy (non-hydrogen) atoms. The number of carbonyl (C=O) groups excluding carboxylic acids is 1. The van der Waals surface area contributed by atoms with Gasteiger partial charge < -0.3 is 4.74 Å². The molecular weight excluding hydrogens is 346 g/mol. The van der Waals surface area contributed by atoms with Crippen molar-refractivity contribution in [3.63, 3.8) is 0 Å². The van der Waals surface area contributed by atoms with Gasteiger partial charge in [-0.1, -0.05) is 29.8 Å². The van der Waals surface area contributed by atoms with Crippen molar-refractivity contribution in [3.8, 4) is 0 Å². The van der Waals surface area contributed by atoms with Crippen LogP contribution in [-0.4, -0.2) is 21.5 Å². The smallest absolute Gasteiger partial charge is 0.307 e. The van der Waals surface area contributed by atoms with Gasteiger partial charge in [-0.3, -0.25) is 4.79 Å². The highest BCUT2D eigenvalue weighted by Gasteiger charge is 2.26. The molecule has 0 saturated heterocycles. The lowest BCUT2D eigenvalue weighted by Crippen LogP contribution is -2.30. The monoisotopic (exact) mass is 359 g/mol. The third-order valence-electron chi connectivity index (χ3n) is 2.91. The van der Waals surface area contributed by atoms with E-state index in [4.69, 9.17) is 11.6 Å². The minimum Gasteiger partial charge on any atom is -0.469 e. The molecule has 1 aromatic carbocycles. The van der Waals surface area contributed by atoms with E-state index in [-0.39, 0.29) is 16.3 Å². The van der Waals surface area contributed by atoms with E-state index in [1.807, 2.05) is 5.38 Å². The van der Waals surface area contributed by atoms with Crippen molar-refractivity contribution < 1.29 is 17.9 Å². The Labute approximate surface area is 137 Å². The number of benzene rings is 1. The molecule has 0 saturated carbocycles. The molecule has 118 valence electrons. The fourth-order valence-corrected chi connectivity index (χ4v) is 4.44. The third kappa shape index (κ3) is 4.07. The van der Waals surface area contributed by atoms with Crippen LogP contribution in [0.15, 0.2) is 46.7 Å². The predicted octanol–water partition coefficient (Wildman–Crippen LogP) is 2.98. The molecule has 1 N–H and O–H groups in total. The lowest BCUT2D eigenvalue weighted by Gasteiger charge is -2.17. The second-order valence-electron chi connectivity index (χ2n) is 4.40. The zero-order chi connectivity index (χ0) is 16.2. The number of esters is 1. The summed E-state index contributed by atoms with van der Waals surface area (Å²) in [6, 6.07) is 8.98. The quantitative estimate of drug-likeness (QED) is 0.805. The second kappa shape index (κ2) is 7.23. The van der Waals surface area contributed by atoms with E-state index in [9.17, 15) is 13.2 Å². The van der Waals surface area contributed by atoms with Gasteiger partial charge in [0.05, 0.1) is 24.6 Å². The number of nitrogens with one attached hydrogen (secondary N) is 1. The summed E-state index contributed by atoms with van der Waals surface area (Å²) in [4.78, 5) is 12.2. The van der Waals surface area contributed by atoms with Crippen molar-refractivity contribution in [1.29, 1.82) is 0 Å². The Morgan fingerprint density at radius 1 is 1.32 bits per heavy atom. The molecule has 1 heterocycles. The molecule has 2 aromatic rings. The van der Waals surface area contributed by atoms with Crippen LogP contribution in [0.5, 0.6) is 0 Å². The Balaban J connectivity index is 2.30. The normalized spacial score (nSPS) is 12.8. The van der Waals surface area contributed by atoms with Crippen LogP contribution in [0.25, 0.3) is 0 Å². The first kappa shape index (κ1) is 17.0. The maximum Gasteiger partial charge on any atom is 0.307 e. The number of halogens is 1. The SMILES string of the molecule is COC(=O)C[C@H](NS(=O)(=O)c1ccccc1Cl)c1cccs1. The first-order valence-electron chi connectivity index (χ1n) is 6.31. The van der Waals surface area contributed by atoms with Crippen molar-refractivity contribution in [2.24, 2.45) is 0 Å². The van der Waals surface area contributed by atoms with Gasteiger partial charge in [0.2, 0.25) is 10.0 Å². The van der Waals surface area contributed by atoms with Gasteiger partial charge in [-0.2, -0.15) is 0 Å². The minimum atomic E-state index is -3.85. The first-order chi connectivity index (χ1) is 10.4. The van der Waals surface area contributed by atoms with Crippen LogP contribution in [-0.2, 0) is 19.6 Å². The molecule has 0 fully saturated rings.